The van der Waals surface area contributed by atoms with E-state index in [1.165, 1.54) is 37.7 Å². The maximum absolute atomic E-state index is 6.10. The van der Waals surface area contributed by atoms with Crippen LogP contribution in [-0.2, 0) is 4.74 Å². The van der Waals surface area contributed by atoms with E-state index in [-0.39, 0.29) is 6.10 Å². The van der Waals surface area contributed by atoms with Gasteiger partial charge in [-0.1, -0.05) is 63.3 Å². The molecule has 0 spiro atoms. The lowest BCUT2D eigenvalue weighted by atomic mass is 9.90. The lowest BCUT2D eigenvalue weighted by Gasteiger charge is -2.24. The van der Waals surface area contributed by atoms with Crippen molar-refractivity contribution in [3.8, 4) is 0 Å². The molecule has 0 radical (unpaired) electrons. The first-order chi connectivity index (χ1) is 8.79. The Kier molecular flexibility index (Phi) is 6.19. The molecule has 0 saturated heterocycles. The zero-order chi connectivity index (χ0) is 12.8. The van der Waals surface area contributed by atoms with Crippen molar-refractivity contribution < 1.29 is 4.74 Å². The molecule has 1 fully saturated rings. The van der Waals surface area contributed by atoms with E-state index in [1.54, 1.807) is 0 Å². The van der Waals surface area contributed by atoms with Crippen molar-refractivity contribution in [2.45, 2.75) is 38.2 Å². The first kappa shape index (κ1) is 14.5. The van der Waals surface area contributed by atoms with Gasteiger partial charge in [-0.15, -0.1) is 0 Å². The average Bonchev–Trinajstić information content (AvgIpc) is 2.41. The second-order valence-electron chi connectivity index (χ2n) is 5.04. The van der Waals surface area contributed by atoms with E-state index in [1.807, 2.05) is 0 Å². The van der Waals surface area contributed by atoms with Crippen LogP contribution in [0, 0.1) is 5.92 Å². The Labute approximate surface area is 127 Å². The molecule has 1 aliphatic rings. The third-order valence-corrected chi connectivity index (χ3v) is 4.70. The molecule has 0 heterocycles. The predicted octanol–water partition coefficient (Wildman–Crippen LogP) is 5.48. The van der Waals surface area contributed by atoms with Crippen LogP contribution in [0.1, 0.15) is 43.8 Å². The smallest absolute Gasteiger partial charge is 0.0922 e. The summed E-state index contributed by atoms with van der Waals surface area (Å²) in [6.45, 7) is 0.906. The minimum Gasteiger partial charge on any atom is -0.372 e. The molecule has 18 heavy (non-hydrogen) atoms. The summed E-state index contributed by atoms with van der Waals surface area (Å²) in [7, 11) is 0. The Morgan fingerprint density at radius 1 is 1.22 bits per heavy atom. The molecule has 0 N–H and O–H groups in total. The van der Waals surface area contributed by atoms with Gasteiger partial charge in [0.15, 0.2) is 0 Å². The summed E-state index contributed by atoms with van der Waals surface area (Å²) in [5.74, 6) is 0.771. The summed E-state index contributed by atoms with van der Waals surface area (Å²) in [5, 5.41) is 0.857. The molecule has 3 heteroatoms. The average molecular weight is 376 g/mol. The summed E-state index contributed by atoms with van der Waals surface area (Å²) >= 11 is 7.08. The Balaban J connectivity index is 1.88. The van der Waals surface area contributed by atoms with Crippen molar-refractivity contribution in [3.05, 3.63) is 34.3 Å². The first-order valence-corrected chi connectivity index (χ1v) is 8.64. The van der Waals surface area contributed by atoms with Crippen molar-refractivity contribution in [2.24, 2.45) is 5.92 Å². The summed E-state index contributed by atoms with van der Waals surface area (Å²) < 4.78 is 7.22. The third kappa shape index (κ3) is 4.36. The van der Waals surface area contributed by atoms with E-state index >= 15 is 0 Å². The number of hydrogen-bond acceptors (Lipinski definition) is 1. The molecule has 0 amide bonds. The van der Waals surface area contributed by atoms with Crippen LogP contribution in [0.5, 0.6) is 0 Å². The Morgan fingerprint density at radius 2 is 2.00 bits per heavy atom. The molecule has 1 saturated carbocycles. The van der Waals surface area contributed by atoms with Crippen LogP contribution in [0.3, 0.4) is 0 Å². The second-order valence-corrected chi connectivity index (χ2v) is 6.60. The van der Waals surface area contributed by atoms with Gasteiger partial charge < -0.3 is 4.74 Å². The maximum atomic E-state index is 6.10. The summed E-state index contributed by atoms with van der Waals surface area (Å²) in [6, 6.07) is 8.40. The molecule has 1 aliphatic carbocycles. The zero-order valence-electron chi connectivity index (χ0n) is 10.6. The molecular weight excluding hydrogens is 356 g/mol. The molecule has 2 rings (SSSR count). The van der Waals surface area contributed by atoms with Crippen LogP contribution in [-0.4, -0.2) is 11.9 Å². The topological polar surface area (TPSA) is 9.23 Å². The highest BCUT2D eigenvalue weighted by Gasteiger charge is 2.17. The maximum Gasteiger partial charge on any atom is 0.0922 e. The molecule has 0 bridgehead atoms. The molecule has 100 valence electrons. The molecule has 0 aromatic heterocycles. The van der Waals surface area contributed by atoms with Gasteiger partial charge >= 0.3 is 0 Å². The van der Waals surface area contributed by atoms with Crippen LogP contribution in [0.25, 0.3) is 0 Å². The van der Waals surface area contributed by atoms with Gasteiger partial charge in [-0.2, -0.15) is 0 Å². The highest BCUT2D eigenvalue weighted by atomic mass is 79.9. The molecule has 1 atom stereocenters. The lowest BCUT2D eigenvalue weighted by Crippen LogP contribution is -2.16. The van der Waals surface area contributed by atoms with Gasteiger partial charge in [-0.05, 0) is 36.5 Å². The third-order valence-electron chi connectivity index (χ3n) is 3.62. The fourth-order valence-electron chi connectivity index (χ4n) is 2.54. The number of benzene rings is 1. The monoisotopic (exact) mass is 374 g/mol. The van der Waals surface area contributed by atoms with Gasteiger partial charge in [-0.25, -0.2) is 0 Å². The molecule has 0 aliphatic heterocycles. The quantitative estimate of drug-likeness (QED) is 0.619. The fourth-order valence-corrected chi connectivity index (χ4v) is 3.52. The standard InChI is InChI=1S/C15H20Br2O/c16-10-15(13-7-4-8-14(17)9-13)18-11-12-5-2-1-3-6-12/h4,7-9,12,15H,1-3,5-6,10-11H2. The van der Waals surface area contributed by atoms with E-state index in [4.69, 9.17) is 4.74 Å². The van der Waals surface area contributed by atoms with Gasteiger partial charge in [0.25, 0.3) is 0 Å². The van der Waals surface area contributed by atoms with Crippen LogP contribution in [0.4, 0.5) is 0 Å². The van der Waals surface area contributed by atoms with Crippen LogP contribution in [0.2, 0.25) is 0 Å². The molecular formula is C15H20Br2O. The van der Waals surface area contributed by atoms with Crippen molar-refractivity contribution >= 4 is 31.9 Å². The number of halogens is 2. The predicted molar refractivity (Wildman–Crippen MR) is 83.2 cm³/mol. The van der Waals surface area contributed by atoms with Gasteiger partial charge in [-0.3, -0.25) is 0 Å². The van der Waals surface area contributed by atoms with E-state index in [0.29, 0.717) is 0 Å². The van der Waals surface area contributed by atoms with E-state index in [0.717, 1.165) is 22.3 Å². The number of alkyl halides is 1. The Hall–Kier alpha value is 0.140. The van der Waals surface area contributed by atoms with Crippen molar-refractivity contribution in [1.29, 1.82) is 0 Å². The molecule has 1 aromatic carbocycles. The van der Waals surface area contributed by atoms with Gasteiger partial charge in [0.05, 0.1) is 12.7 Å². The minimum absolute atomic E-state index is 0.171. The number of hydrogen-bond donors (Lipinski definition) is 0. The summed E-state index contributed by atoms with van der Waals surface area (Å²) in [5.41, 5.74) is 1.25. The lowest BCUT2D eigenvalue weighted by molar-refractivity contribution is 0.0335. The van der Waals surface area contributed by atoms with Crippen molar-refractivity contribution in [2.75, 3.05) is 11.9 Å². The van der Waals surface area contributed by atoms with Crippen LogP contribution < -0.4 is 0 Å². The highest BCUT2D eigenvalue weighted by Crippen LogP contribution is 2.28. The number of ether oxygens (including phenoxy) is 1. The zero-order valence-corrected chi connectivity index (χ0v) is 13.8. The highest BCUT2D eigenvalue weighted by molar-refractivity contribution is 9.10. The molecule has 1 nitrogen and oxygen atoms in total. The van der Waals surface area contributed by atoms with E-state index in [2.05, 4.69) is 56.1 Å². The van der Waals surface area contributed by atoms with Gasteiger partial charge in [0, 0.05) is 9.80 Å². The summed E-state index contributed by atoms with van der Waals surface area (Å²) in [4.78, 5) is 0. The largest absolute Gasteiger partial charge is 0.372 e. The van der Waals surface area contributed by atoms with Gasteiger partial charge in [0.1, 0.15) is 0 Å². The van der Waals surface area contributed by atoms with Crippen molar-refractivity contribution in [3.63, 3.8) is 0 Å². The second kappa shape index (κ2) is 7.66. The van der Waals surface area contributed by atoms with Crippen LogP contribution in [0.15, 0.2) is 28.7 Å². The summed E-state index contributed by atoms with van der Waals surface area (Å²) in [6.07, 6.45) is 7.02. The van der Waals surface area contributed by atoms with E-state index < -0.39 is 0 Å². The SMILES string of the molecule is BrCC(OCC1CCCCC1)c1cccc(Br)c1. The van der Waals surface area contributed by atoms with E-state index in [9.17, 15) is 0 Å². The normalized spacial score (nSPS) is 18.8. The van der Waals surface area contributed by atoms with Gasteiger partial charge in [0.2, 0.25) is 0 Å². The Morgan fingerprint density at radius 3 is 2.67 bits per heavy atom. The Bertz CT molecular complexity index is 361. The number of rotatable bonds is 5. The van der Waals surface area contributed by atoms with Crippen molar-refractivity contribution in [1.82, 2.24) is 0 Å². The first-order valence-electron chi connectivity index (χ1n) is 6.72. The molecule has 1 aromatic rings. The minimum atomic E-state index is 0.171. The fraction of sp³-hybridized carbons (Fsp3) is 0.600. The molecule has 1 unspecified atom stereocenters. The van der Waals surface area contributed by atoms with Crippen LogP contribution >= 0.6 is 31.9 Å².